The molecule has 3 aliphatic heterocycles. The van der Waals surface area contributed by atoms with Crippen LogP contribution in [0.3, 0.4) is 0 Å². The Morgan fingerprint density at radius 2 is 2.24 bits per heavy atom. The van der Waals surface area contributed by atoms with Crippen LogP contribution in [-0.4, -0.2) is 64.4 Å². The van der Waals surface area contributed by atoms with Gasteiger partial charge in [-0.3, -0.25) is 10.3 Å². The predicted octanol–water partition coefficient (Wildman–Crippen LogP) is 1.75. The van der Waals surface area contributed by atoms with Crippen LogP contribution < -0.4 is 10.2 Å². The number of piperazine rings is 1. The standard InChI is InChI=1S/C17H22FN5OS/c18-15-5-4-14-16(19-15)13(6-10-24-14)20-21-17(25)23-9-8-22-7-2-1-3-12(22)11-23/h4-5,12H,1-3,6-11H2,(H,21,25)/b20-13-. The van der Waals surface area contributed by atoms with Gasteiger partial charge in [0.1, 0.15) is 11.4 Å². The molecule has 25 heavy (non-hydrogen) atoms. The van der Waals surface area contributed by atoms with Gasteiger partial charge >= 0.3 is 0 Å². The molecular formula is C17H22FN5OS. The molecule has 4 heterocycles. The number of hydrogen-bond donors (Lipinski definition) is 1. The minimum absolute atomic E-state index is 0.457. The summed E-state index contributed by atoms with van der Waals surface area (Å²) in [6.45, 7) is 4.62. The molecule has 1 aromatic rings. The molecule has 0 bridgehead atoms. The zero-order valence-electron chi connectivity index (χ0n) is 14.1. The number of pyridine rings is 1. The van der Waals surface area contributed by atoms with Crippen molar-refractivity contribution in [3.05, 3.63) is 23.8 Å². The van der Waals surface area contributed by atoms with Crippen molar-refractivity contribution < 1.29 is 9.13 Å². The van der Waals surface area contributed by atoms with Crippen LogP contribution in [0.15, 0.2) is 17.2 Å². The molecule has 2 saturated heterocycles. The first-order valence-electron chi connectivity index (χ1n) is 8.86. The van der Waals surface area contributed by atoms with Gasteiger partial charge in [0.15, 0.2) is 5.11 Å². The third-order valence-corrected chi connectivity index (χ3v) is 5.45. The van der Waals surface area contributed by atoms with E-state index in [1.165, 1.54) is 31.9 Å². The Bertz CT molecular complexity index is 698. The lowest BCUT2D eigenvalue weighted by atomic mass is 10.00. The number of halogens is 1. The number of aromatic nitrogens is 1. The first-order valence-corrected chi connectivity index (χ1v) is 9.27. The van der Waals surface area contributed by atoms with Gasteiger partial charge in [-0.1, -0.05) is 6.42 Å². The van der Waals surface area contributed by atoms with Gasteiger partial charge in [-0.15, -0.1) is 0 Å². The highest BCUT2D eigenvalue weighted by atomic mass is 32.1. The largest absolute Gasteiger partial charge is 0.491 e. The lowest BCUT2D eigenvalue weighted by molar-refractivity contribution is 0.0799. The van der Waals surface area contributed by atoms with Crippen LogP contribution in [0, 0.1) is 5.95 Å². The van der Waals surface area contributed by atoms with Crippen molar-refractivity contribution in [3.63, 3.8) is 0 Å². The van der Waals surface area contributed by atoms with Crippen LogP contribution in [0.25, 0.3) is 0 Å². The zero-order chi connectivity index (χ0) is 17.2. The summed E-state index contributed by atoms with van der Waals surface area (Å²) >= 11 is 5.52. The third-order valence-electron chi connectivity index (χ3n) is 5.11. The van der Waals surface area contributed by atoms with Gasteiger partial charge in [-0.05, 0) is 43.7 Å². The molecular weight excluding hydrogens is 341 g/mol. The SMILES string of the molecule is Fc1ccc2c(n1)/C(=N\NC(=S)N1CCN3CCCCC3C1)CCO2. The van der Waals surface area contributed by atoms with E-state index in [9.17, 15) is 4.39 Å². The smallest absolute Gasteiger partial charge is 0.213 e. The van der Waals surface area contributed by atoms with Crippen molar-refractivity contribution in [2.24, 2.45) is 5.10 Å². The quantitative estimate of drug-likeness (QED) is 0.466. The van der Waals surface area contributed by atoms with Gasteiger partial charge in [-0.25, -0.2) is 4.98 Å². The fourth-order valence-corrected chi connectivity index (χ4v) is 3.97. The molecule has 1 aromatic heterocycles. The van der Waals surface area contributed by atoms with E-state index in [1.807, 2.05) is 0 Å². The average molecular weight is 363 g/mol. The van der Waals surface area contributed by atoms with Crippen molar-refractivity contribution in [2.45, 2.75) is 31.7 Å². The number of hydrazone groups is 1. The van der Waals surface area contributed by atoms with Gasteiger partial charge < -0.3 is 9.64 Å². The summed E-state index contributed by atoms with van der Waals surface area (Å²) in [6.07, 6.45) is 4.42. The second-order valence-corrected chi connectivity index (χ2v) is 7.07. The van der Waals surface area contributed by atoms with Crippen LogP contribution >= 0.6 is 12.2 Å². The number of piperidine rings is 1. The Hall–Kier alpha value is -1.80. The monoisotopic (exact) mass is 363 g/mol. The van der Waals surface area contributed by atoms with Crippen LogP contribution in [0.2, 0.25) is 0 Å². The first-order chi connectivity index (χ1) is 12.2. The molecule has 0 amide bonds. The molecule has 8 heteroatoms. The van der Waals surface area contributed by atoms with Crippen LogP contribution in [0.4, 0.5) is 4.39 Å². The van der Waals surface area contributed by atoms with E-state index in [4.69, 9.17) is 17.0 Å². The molecule has 2 fully saturated rings. The van der Waals surface area contributed by atoms with E-state index in [0.29, 0.717) is 41.3 Å². The molecule has 0 spiro atoms. The fraction of sp³-hybridized carbons (Fsp3) is 0.588. The summed E-state index contributed by atoms with van der Waals surface area (Å²) in [7, 11) is 0. The topological polar surface area (TPSA) is 53.0 Å². The Balaban J connectivity index is 1.42. The Morgan fingerprint density at radius 3 is 3.16 bits per heavy atom. The van der Waals surface area contributed by atoms with E-state index in [-0.39, 0.29) is 0 Å². The van der Waals surface area contributed by atoms with Gasteiger partial charge in [0.05, 0.1) is 12.3 Å². The maximum absolute atomic E-state index is 13.4. The maximum Gasteiger partial charge on any atom is 0.213 e. The lowest BCUT2D eigenvalue weighted by Gasteiger charge is -2.44. The number of hydrogen-bond acceptors (Lipinski definition) is 5. The molecule has 1 unspecified atom stereocenters. The van der Waals surface area contributed by atoms with Crippen molar-refractivity contribution in [2.75, 3.05) is 32.8 Å². The van der Waals surface area contributed by atoms with Crippen molar-refractivity contribution in [1.82, 2.24) is 20.2 Å². The second kappa shape index (κ2) is 7.21. The van der Waals surface area contributed by atoms with Crippen LogP contribution in [-0.2, 0) is 0 Å². The van der Waals surface area contributed by atoms with Crippen molar-refractivity contribution in [1.29, 1.82) is 0 Å². The lowest BCUT2D eigenvalue weighted by Crippen LogP contribution is -2.57. The number of thiocarbonyl (C=S) groups is 1. The van der Waals surface area contributed by atoms with E-state index in [2.05, 4.69) is 25.3 Å². The average Bonchev–Trinajstić information content (AvgIpc) is 2.65. The summed E-state index contributed by atoms with van der Waals surface area (Å²) in [6, 6.07) is 3.48. The molecule has 1 atom stereocenters. The van der Waals surface area contributed by atoms with E-state index in [1.54, 1.807) is 6.07 Å². The Kier molecular flexibility index (Phi) is 4.80. The summed E-state index contributed by atoms with van der Waals surface area (Å²) < 4.78 is 18.9. The fourth-order valence-electron chi connectivity index (χ4n) is 3.76. The molecule has 6 nitrogen and oxygen atoms in total. The number of nitrogens with one attached hydrogen (secondary N) is 1. The third kappa shape index (κ3) is 3.59. The van der Waals surface area contributed by atoms with Crippen molar-refractivity contribution >= 4 is 23.0 Å². The van der Waals surface area contributed by atoms with Gasteiger partial charge in [-0.2, -0.15) is 9.49 Å². The maximum atomic E-state index is 13.4. The normalized spacial score (nSPS) is 25.1. The Labute approximate surface area is 152 Å². The molecule has 1 N–H and O–H groups in total. The molecule has 134 valence electrons. The van der Waals surface area contributed by atoms with Gasteiger partial charge in [0.2, 0.25) is 5.95 Å². The van der Waals surface area contributed by atoms with Gasteiger partial charge in [0, 0.05) is 32.1 Å². The minimum atomic E-state index is -0.534. The van der Waals surface area contributed by atoms with Gasteiger partial charge in [0.25, 0.3) is 0 Å². The van der Waals surface area contributed by atoms with Crippen LogP contribution in [0.5, 0.6) is 5.75 Å². The summed E-state index contributed by atoms with van der Waals surface area (Å²) in [4.78, 5) is 8.66. The molecule has 0 radical (unpaired) electrons. The zero-order valence-corrected chi connectivity index (χ0v) is 14.9. The summed E-state index contributed by atoms with van der Waals surface area (Å²) in [5.74, 6) is 0.0304. The molecule has 0 aliphatic carbocycles. The van der Waals surface area contributed by atoms with Crippen LogP contribution in [0.1, 0.15) is 31.4 Å². The second-order valence-electron chi connectivity index (χ2n) is 6.69. The first kappa shape index (κ1) is 16.7. The highest BCUT2D eigenvalue weighted by Crippen LogP contribution is 2.23. The van der Waals surface area contributed by atoms with E-state index in [0.717, 1.165) is 19.6 Å². The summed E-state index contributed by atoms with van der Waals surface area (Å²) in [5.41, 5.74) is 4.12. The minimum Gasteiger partial charge on any atom is -0.491 e. The molecule has 4 rings (SSSR count). The number of ether oxygens (including phenoxy) is 1. The number of nitrogens with zero attached hydrogens (tertiary/aromatic N) is 4. The highest BCUT2D eigenvalue weighted by molar-refractivity contribution is 7.80. The Morgan fingerprint density at radius 1 is 1.32 bits per heavy atom. The predicted molar refractivity (Wildman–Crippen MR) is 97.4 cm³/mol. The van der Waals surface area contributed by atoms with E-state index >= 15 is 0 Å². The van der Waals surface area contributed by atoms with E-state index < -0.39 is 5.95 Å². The molecule has 0 saturated carbocycles. The van der Waals surface area contributed by atoms with Crippen molar-refractivity contribution in [3.8, 4) is 5.75 Å². The molecule has 0 aromatic carbocycles. The highest BCUT2D eigenvalue weighted by Gasteiger charge is 2.30. The summed E-state index contributed by atoms with van der Waals surface area (Å²) in [5, 5.41) is 5.03. The number of rotatable bonds is 1. The molecule has 3 aliphatic rings. The number of fused-ring (bicyclic) bond motifs is 2.